The lowest BCUT2D eigenvalue weighted by Gasteiger charge is -2.36. The van der Waals surface area contributed by atoms with Crippen molar-refractivity contribution in [3.63, 3.8) is 0 Å². The third kappa shape index (κ3) is 3.58. The van der Waals surface area contributed by atoms with Crippen LogP contribution in [0, 0.1) is 5.92 Å². The summed E-state index contributed by atoms with van der Waals surface area (Å²) in [6, 6.07) is 0. The monoisotopic (exact) mass is 369 g/mol. The van der Waals surface area contributed by atoms with Crippen molar-refractivity contribution in [1.29, 1.82) is 0 Å². The van der Waals surface area contributed by atoms with E-state index >= 15 is 0 Å². The van der Waals surface area contributed by atoms with Gasteiger partial charge in [0.2, 0.25) is 5.91 Å². The van der Waals surface area contributed by atoms with E-state index in [2.05, 4.69) is 5.10 Å². The lowest BCUT2D eigenvalue weighted by molar-refractivity contribution is -0.133. The van der Waals surface area contributed by atoms with Crippen molar-refractivity contribution in [2.24, 2.45) is 13.0 Å². The minimum absolute atomic E-state index is 0.0233. The van der Waals surface area contributed by atoms with Crippen molar-refractivity contribution >= 4 is 16.1 Å². The highest BCUT2D eigenvalue weighted by molar-refractivity contribution is 7.86. The maximum atomic E-state index is 12.7. The molecule has 1 aliphatic carbocycles. The summed E-state index contributed by atoms with van der Waals surface area (Å²) in [6.45, 7) is 6.29. The molecule has 2 fully saturated rings. The number of aromatic nitrogens is 2. The molecule has 1 aromatic heterocycles. The normalized spacial score (nSPS) is 24.7. The van der Waals surface area contributed by atoms with Crippen LogP contribution < -0.4 is 0 Å². The second-order valence-corrected chi connectivity index (χ2v) is 8.64. The zero-order valence-corrected chi connectivity index (χ0v) is 15.9. The van der Waals surface area contributed by atoms with Gasteiger partial charge in [-0.2, -0.15) is 22.1 Å². The standard InChI is InChI=1S/C16H27N5O3S/c1-4-20(5-2)25(23,24)21-8-6-19(7-9-21)16(22)15-10-14(15)13-11-17-18(3)12-13/h11-12,14-15H,4-10H2,1-3H3/t14-,15-/m0/s1. The number of rotatable bonds is 6. The Labute approximate surface area is 149 Å². The highest BCUT2D eigenvalue weighted by Crippen LogP contribution is 2.48. The van der Waals surface area contributed by atoms with Gasteiger partial charge in [0.25, 0.3) is 10.2 Å². The molecule has 1 saturated carbocycles. The number of carbonyl (C=O) groups is 1. The van der Waals surface area contributed by atoms with E-state index in [0.717, 1.165) is 12.0 Å². The van der Waals surface area contributed by atoms with Crippen LogP contribution in [-0.4, -0.2) is 76.9 Å². The Morgan fingerprint density at radius 3 is 2.40 bits per heavy atom. The molecule has 25 heavy (non-hydrogen) atoms. The Morgan fingerprint density at radius 1 is 1.24 bits per heavy atom. The molecule has 1 amide bonds. The molecule has 0 spiro atoms. The van der Waals surface area contributed by atoms with Crippen molar-refractivity contribution in [1.82, 2.24) is 23.3 Å². The van der Waals surface area contributed by atoms with Crippen LogP contribution >= 0.6 is 0 Å². The van der Waals surface area contributed by atoms with Gasteiger partial charge in [0.05, 0.1) is 6.20 Å². The summed E-state index contributed by atoms with van der Waals surface area (Å²) >= 11 is 0. The fourth-order valence-corrected chi connectivity index (χ4v) is 5.16. The minimum atomic E-state index is -3.41. The number of aryl methyl sites for hydroxylation is 1. The van der Waals surface area contributed by atoms with Gasteiger partial charge in [-0.15, -0.1) is 0 Å². The first-order chi connectivity index (χ1) is 11.9. The first-order valence-corrected chi connectivity index (χ1v) is 10.3. The number of hydrogen-bond donors (Lipinski definition) is 0. The van der Waals surface area contributed by atoms with Crippen LogP contribution in [0.3, 0.4) is 0 Å². The fourth-order valence-electron chi connectivity index (χ4n) is 3.55. The molecule has 2 heterocycles. The van der Waals surface area contributed by atoms with Gasteiger partial charge < -0.3 is 4.90 Å². The number of piperazine rings is 1. The third-order valence-electron chi connectivity index (χ3n) is 5.17. The van der Waals surface area contributed by atoms with Gasteiger partial charge in [0.15, 0.2) is 0 Å². The van der Waals surface area contributed by atoms with Crippen LogP contribution in [0.25, 0.3) is 0 Å². The first-order valence-electron chi connectivity index (χ1n) is 8.91. The van der Waals surface area contributed by atoms with Gasteiger partial charge in [0, 0.05) is 58.4 Å². The largest absolute Gasteiger partial charge is 0.340 e. The van der Waals surface area contributed by atoms with E-state index in [-0.39, 0.29) is 17.7 Å². The molecule has 140 valence electrons. The van der Waals surface area contributed by atoms with Crippen LogP contribution in [0.2, 0.25) is 0 Å². The van der Waals surface area contributed by atoms with Crippen molar-refractivity contribution in [3.05, 3.63) is 18.0 Å². The number of hydrogen-bond acceptors (Lipinski definition) is 4. The van der Waals surface area contributed by atoms with Crippen LogP contribution in [0.4, 0.5) is 0 Å². The topological polar surface area (TPSA) is 78.8 Å². The number of amides is 1. The predicted octanol–water partition coefficient (Wildman–Crippen LogP) is 0.254. The summed E-state index contributed by atoms with van der Waals surface area (Å²) in [4.78, 5) is 14.5. The molecular formula is C16H27N5O3S. The summed E-state index contributed by atoms with van der Waals surface area (Å²) in [5.41, 5.74) is 1.11. The second-order valence-electron chi connectivity index (χ2n) is 6.71. The highest BCUT2D eigenvalue weighted by Gasteiger charge is 2.47. The Hall–Kier alpha value is -1.45. The fraction of sp³-hybridized carbons (Fsp3) is 0.750. The molecule has 2 aliphatic rings. The van der Waals surface area contributed by atoms with E-state index in [0.29, 0.717) is 39.3 Å². The van der Waals surface area contributed by atoms with Gasteiger partial charge >= 0.3 is 0 Å². The Kier molecular flexibility index (Phi) is 5.17. The molecule has 0 radical (unpaired) electrons. The van der Waals surface area contributed by atoms with Gasteiger partial charge in [0.1, 0.15) is 0 Å². The highest BCUT2D eigenvalue weighted by atomic mass is 32.2. The summed E-state index contributed by atoms with van der Waals surface area (Å²) in [5, 5.41) is 4.17. The van der Waals surface area contributed by atoms with Crippen LogP contribution in [0.1, 0.15) is 31.7 Å². The van der Waals surface area contributed by atoms with Gasteiger partial charge in [-0.1, -0.05) is 13.8 Å². The molecule has 0 unspecified atom stereocenters. The second kappa shape index (κ2) is 7.05. The lowest BCUT2D eigenvalue weighted by Crippen LogP contribution is -2.54. The van der Waals surface area contributed by atoms with Gasteiger partial charge in [-0.25, -0.2) is 0 Å². The van der Waals surface area contributed by atoms with Crippen molar-refractivity contribution in [2.75, 3.05) is 39.3 Å². The SMILES string of the molecule is CCN(CC)S(=O)(=O)N1CCN(C(=O)[C@H]2C[C@H]2c2cnn(C)c2)CC1. The molecule has 1 aliphatic heterocycles. The first kappa shape index (κ1) is 18.3. The molecule has 9 heteroatoms. The summed E-state index contributed by atoms with van der Waals surface area (Å²) in [6.07, 6.45) is 4.65. The minimum Gasteiger partial charge on any atom is -0.340 e. The predicted molar refractivity (Wildman–Crippen MR) is 94.0 cm³/mol. The summed E-state index contributed by atoms with van der Waals surface area (Å²) in [5.74, 6) is 0.433. The van der Waals surface area contributed by atoms with Crippen molar-refractivity contribution < 1.29 is 13.2 Å². The van der Waals surface area contributed by atoms with E-state index in [9.17, 15) is 13.2 Å². The van der Waals surface area contributed by atoms with E-state index < -0.39 is 10.2 Å². The van der Waals surface area contributed by atoms with Crippen molar-refractivity contribution in [2.45, 2.75) is 26.2 Å². The van der Waals surface area contributed by atoms with Crippen LogP contribution in [-0.2, 0) is 22.1 Å². The zero-order valence-electron chi connectivity index (χ0n) is 15.1. The van der Waals surface area contributed by atoms with E-state index in [4.69, 9.17) is 0 Å². The average Bonchev–Trinajstić information content (AvgIpc) is 3.29. The van der Waals surface area contributed by atoms with Crippen molar-refractivity contribution in [3.8, 4) is 0 Å². The maximum Gasteiger partial charge on any atom is 0.282 e. The average molecular weight is 369 g/mol. The smallest absolute Gasteiger partial charge is 0.282 e. The van der Waals surface area contributed by atoms with Gasteiger partial charge in [-0.3, -0.25) is 9.48 Å². The maximum absolute atomic E-state index is 12.7. The number of nitrogens with zero attached hydrogens (tertiary/aromatic N) is 5. The molecule has 0 aromatic carbocycles. The molecule has 3 rings (SSSR count). The summed E-state index contributed by atoms with van der Waals surface area (Å²) < 4.78 is 29.8. The molecule has 2 atom stereocenters. The quantitative estimate of drug-likeness (QED) is 0.720. The molecule has 1 saturated heterocycles. The molecule has 8 nitrogen and oxygen atoms in total. The van der Waals surface area contributed by atoms with E-state index in [1.165, 1.54) is 8.61 Å². The Morgan fingerprint density at radius 2 is 1.88 bits per heavy atom. The molecule has 0 N–H and O–H groups in total. The number of carbonyl (C=O) groups excluding carboxylic acids is 1. The van der Waals surface area contributed by atoms with Crippen LogP contribution in [0.15, 0.2) is 12.4 Å². The Bertz CT molecular complexity index is 720. The van der Waals surface area contributed by atoms with Crippen LogP contribution in [0.5, 0.6) is 0 Å². The van der Waals surface area contributed by atoms with E-state index in [1.54, 1.807) is 4.68 Å². The zero-order chi connectivity index (χ0) is 18.2. The Balaban J connectivity index is 1.55. The lowest BCUT2D eigenvalue weighted by atomic mass is 10.2. The molecule has 1 aromatic rings. The van der Waals surface area contributed by atoms with Gasteiger partial charge in [-0.05, 0) is 17.9 Å². The van der Waals surface area contributed by atoms with E-state index in [1.807, 2.05) is 38.2 Å². The summed E-state index contributed by atoms with van der Waals surface area (Å²) in [7, 11) is -1.54. The molecular weight excluding hydrogens is 342 g/mol. The molecule has 0 bridgehead atoms. The third-order valence-corrected chi connectivity index (χ3v) is 7.36.